The normalized spacial score (nSPS) is 11.8. The van der Waals surface area contributed by atoms with Crippen molar-refractivity contribution in [2.24, 2.45) is 0 Å². The summed E-state index contributed by atoms with van der Waals surface area (Å²) >= 11 is 0. The van der Waals surface area contributed by atoms with Crippen molar-refractivity contribution in [2.75, 3.05) is 5.32 Å². The lowest BCUT2D eigenvalue weighted by Gasteiger charge is -2.12. The van der Waals surface area contributed by atoms with Crippen molar-refractivity contribution >= 4 is 17.6 Å². The van der Waals surface area contributed by atoms with Crippen LogP contribution in [0.1, 0.15) is 23.3 Å². The van der Waals surface area contributed by atoms with Crippen LogP contribution in [-0.2, 0) is 4.79 Å². The fourth-order valence-corrected chi connectivity index (χ4v) is 1.46. The molecule has 0 spiro atoms. The van der Waals surface area contributed by atoms with E-state index in [1.54, 1.807) is 31.5 Å². The van der Waals surface area contributed by atoms with Gasteiger partial charge in [-0.05, 0) is 19.1 Å². The second-order valence-electron chi connectivity index (χ2n) is 3.92. The molecule has 1 amide bonds. The van der Waals surface area contributed by atoms with E-state index in [4.69, 9.17) is 5.11 Å². The van der Waals surface area contributed by atoms with Gasteiger partial charge in [0.05, 0.1) is 11.8 Å². The van der Waals surface area contributed by atoms with Crippen LogP contribution in [0.4, 0.5) is 5.69 Å². The third-order valence-electron chi connectivity index (χ3n) is 2.57. The molecule has 2 N–H and O–H groups in total. The maximum atomic E-state index is 12.0. The van der Waals surface area contributed by atoms with Gasteiger partial charge in [-0.25, -0.2) is 4.79 Å². The Hall–Kier alpha value is -2.70. The van der Waals surface area contributed by atoms with Crippen molar-refractivity contribution in [2.45, 2.75) is 13.0 Å². The Morgan fingerprint density at radius 3 is 2.63 bits per heavy atom. The lowest BCUT2D eigenvalue weighted by atomic mass is 10.3. The summed E-state index contributed by atoms with van der Waals surface area (Å²) in [7, 11) is 0. The van der Waals surface area contributed by atoms with Crippen molar-refractivity contribution in [3.63, 3.8) is 0 Å². The molecule has 0 saturated heterocycles. The fourth-order valence-electron chi connectivity index (χ4n) is 1.46. The summed E-state index contributed by atoms with van der Waals surface area (Å²) in [5.74, 6) is -1.36. The average molecular weight is 260 g/mol. The monoisotopic (exact) mass is 260 g/mol. The van der Waals surface area contributed by atoms with E-state index in [2.05, 4.69) is 15.4 Å². The Labute approximate surface area is 108 Å². The smallest absolute Gasteiger partial charge is 0.338 e. The number of aromatic carboxylic acids is 1. The number of amides is 1. The molecule has 0 fully saturated rings. The number of carboxylic acids is 1. The summed E-state index contributed by atoms with van der Waals surface area (Å²) in [4.78, 5) is 26.5. The van der Waals surface area contributed by atoms with Crippen molar-refractivity contribution in [1.82, 2.24) is 14.8 Å². The average Bonchev–Trinajstić information content (AvgIpc) is 2.88. The predicted octanol–water partition coefficient (Wildman–Crippen LogP) is 1.18. The highest BCUT2D eigenvalue weighted by molar-refractivity contribution is 5.93. The largest absolute Gasteiger partial charge is 0.478 e. The molecular formula is C12H12N4O3. The Bertz CT molecular complexity index is 594. The van der Waals surface area contributed by atoms with Crippen LogP contribution in [0.25, 0.3) is 0 Å². The van der Waals surface area contributed by atoms with Gasteiger partial charge in [-0.2, -0.15) is 5.10 Å². The van der Waals surface area contributed by atoms with Gasteiger partial charge in [-0.3, -0.25) is 14.5 Å². The fraction of sp³-hybridized carbons (Fsp3) is 0.167. The zero-order valence-electron chi connectivity index (χ0n) is 10.1. The van der Waals surface area contributed by atoms with Crippen LogP contribution in [-0.4, -0.2) is 31.7 Å². The van der Waals surface area contributed by atoms with E-state index in [9.17, 15) is 9.59 Å². The first-order valence-corrected chi connectivity index (χ1v) is 5.56. The van der Waals surface area contributed by atoms with E-state index < -0.39 is 12.0 Å². The molecule has 0 aliphatic rings. The third kappa shape index (κ3) is 2.95. The van der Waals surface area contributed by atoms with Gasteiger partial charge in [0.2, 0.25) is 5.91 Å². The number of carbonyl (C=O) groups is 2. The van der Waals surface area contributed by atoms with Crippen LogP contribution in [0.3, 0.4) is 0 Å². The van der Waals surface area contributed by atoms with E-state index in [0.717, 1.165) is 0 Å². The number of hydrogen-bond donors (Lipinski definition) is 2. The van der Waals surface area contributed by atoms with E-state index in [1.165, 1.54) is 17.1 Å². The number of hydrogen-bond acceptors (Lipinski definition) is 4. The minimum absolute atomic E-state index is 0.0450. The van der Waals surface area contributed by atoms with Crippen LogP contribution in [0.2, 0.25) is 0 Å². The number of anilines is 1. The summed E-state index contributed by atoms with van der Waals surface area (Å²) in [6, 6.07) is 2.72. The first kappa shape index (κ1) is 12.7. The predicted molar refractivity (Wildman–Crippen MR) is 66.8 cm³/mol. The zero-order valence-corrected chi connectivity index (χ0v) is 10.1. The van der Waals surface area contributed by atoms with E-state index in [0.29, 0.717) is 5.69 Å². The van der Waals surface area contributed by atoms with Crippen LogP contribution in [0.15, 0.2) is 36.9 Å². The topological polar surface area (TPSA) is 97.1 Å². The quantitative estimate of drug-likeness (QED) is 0.860. The number of aromatic nitrogens is 3. The van der Waals surface area contributed by atoms with Crippen molar-refractivity contribution in [1.29, 1.82) is 0 Å². The zero-order chi connectivity index (χ0) is 13.8. The van der Waals surface area contributed by atoms with E-state index >= 15 is 0 Å². The van der Waals surface area contributed by atoms with Crippen LogP contribution in [0, 0.1) is 0 Å². The molecule has 98 valence electrons. The number of rotatable bonds is 4. The molecule has 1 unspecified atom stereocenters. The van der Waals surface area contributed by atoms with Gasteiger partial charge in [0.15, 0.2) is 0 Å². The molecule has 0 aliphatic carbocycles. The molecule has 0 aliphatic heterocycles. The Kier molecular flexibility index (Phi) is 3.56. The van der Waals surface area contributed by atoms with Gasteiger partial charge in [0.25, 0.3) is 0 Å². The molecule has 19 heavy (non-hydrogen) atoms. The van der Waals surface area contributed by atoms with Crippen LogP contribution < -0.4 is 5.32 Å². The van der Waals surface area contributed by atoms with Gasteiger partial charge in [-0.15, -0.1) is 0 Å². The van der Waals surface area contributed by atoms with Gasteiger partial charge >= 0.3 is 5.97 Å². The highest BCUT2D eigenvalue weighted by Gasteiger charge is 2.17. The highest BCUT2D eigenvalue weighted by Crippen LogP contribution is 2.11. The first-order valence-electron chi connectivity index (χ1n) is 5.56. The summed E-state index contributed by atoms with van der Waals surface area (Å²) < 4.78 is 1.31. The van der Waals surface area contributed by atoms with Gasteiger partial charge in [-0.1, -0.05) is 0 Å². The Morgan fingerprint density at radius 1 is 1.37 bits per heavy atom. The molecule has 0 bridgehead atoms. The minimum Gasteiger partial charge on any atom is -0.478 e. The Balaban J connectivity index is 2.08. The minimum atomic E-state index is -1.08. The summed E-state index contributed by atoms with van der Waals surface area (Å²) in [6.07, 6.45) is 5.66. The van der Waals surface area contributed by atoms with E-state index in [1.807, 2.05) is 0 Å². The van der Waals surface area contributed by atoms with Crippen LogP contribution >= 0.6 is 0 Å². The molecule has 7 heteroatoms. The molecule has 7 nitrogen and oxygen atoms in total. The lowest BCUT2D eigenvalue weighted by molar-refractivity contribution is -0.119. The molecule has 0 radical (unpaired) electrons. The molecule has 0 aromatic carbocycles. The van der Waals surface area contributed by atoms with E-state index in [-0.39, 0.29) is 11.5 Å². The van der Waals surface area contributed by atoms with Crippen molar-refractivity contribution in [3.05, 3.63) is 42.5 Å². The lowest BCUT2D eigenvalue weighted by Crippen LogP contribution is -2.24. The second kappa shape index (κ2) is 5.30. The molecule has 2 aromatic rings. The SMILES string of the molecule is CC(C(=O)Nc1ccncc1)n1cc(C(=O)O)cn1. The number of carboxylic acid groups (broad SMARTS) is 1. The number of nitrogens with one attached hydrogen (secondary N) is 1. The highest BCUT2D eigenvalue weighted by atomic mass is 16.4. The maximum Gasteiger partial charge on any atom is 0.338 e. The molecular weight excluding hydrogens is 248 g/mol. The Morgan fingerprint density at radius 2 is 2.05 bits per heavy atom. The van der Waals surface area contributed by atoms with Gasteiger partial charge < -0.3 is 10.4 Å². The summed E-state index contributed by atoms with van der Waals surface area (Å²) in [5, 5.41) is 15.3. The van der Waals surface area contributed by atoms with Crippen LogP contribution in [0.5, 0.6) is 0 Å². The third-order valence-corrected chi connectivity index (χ3v) is 2.57. The number of carbonyl (C=O) groups excluding carboxylic acids is 1. The molecule has 0 saturated carbocycles. The number of pyridine rings is 1. The van der Waals surface area contributed by atoms with Gasteiger partial charge in [0.1, 0.15) is 6.04 Å². The standard InChI is InChI=1S/C12H12N4O3/c1-8(16-7-9(6-14-16)12(18)19)11(17)15-10-2-4-13-5-3-10/h2-8H,1H3,(H,18,19)(H,13,15,17). The molecule has 2 heterocycles. The summed E-state index contributed by atoms with van der Waals surface area (Å²) in [5.41, 5.74) is 0.668. The van der Waals surface area contributed by atoms with Crippen molar-refractivity contribution in [3.8, 4) is 0 Å². The first-order chi connectivity index (χ1) is 9.08. The second-order valence-corrected chi connectivity index (χ2v) is 3.92. The van der Waals surface area contributed by atoms with Gasteiger partial charge in [0, 0.05) is 24.3 Å². The van der Waals surface area contributed by atoms with Crippen molar-refractivity contribution < 1.29 is 14.7 Å². The maximum absolute atomic E-state index is 12.0. The molecule has 2 aromatic heterocycles. The molecule has 2 rings (SSSR count). The summed E-state index contributed by atoms with van der Waals surface area (Å²) in [6.45, 7) is 1.63. The molecule has 1 atom stereocenters. The number of nitrogens with zero attached hydrogens (tertiary/aromatic N) is 3.